The third-order valence-electron chi connectivity index (χ3n) is 2.00. The van der Waals surface area contributed by atoms with Crippen LogP contribution in [0.25, 0.3) is 0 Å². The summed E-state index contributed by atoms with van der Waals surface area (Å²) in [5, 5.41) is 0. The van der Waals surface area contributed by atoms with Gasteiger partial charge in [0, 0.05) is 16.0 Å². The largest absolute Gasteiger partial charge is 0.424 e. The molecule has 4 heteroatoms. The summed E-state index contributed by atoms with van der Waals surface area (Å²) in [6.45, 7) is 4.07. The third kappa shape index (κ3) is 2.91. The van der Waals surface area contributed by atoms with Crippen LogP contribution in [-0.4, -0.2) is 9.97 Å². The van der Waals surface area contributed by atoms with Gasteiger partial charge in [0.15, 0.2) is 0 Å². The highest BCUT2D eigenvalue weighted by molar-refractivity contribution is 14.1. The first kappa shape index (κ1) is 11.3. The van der Waals surface area contributed by atoms with Crippen molar-refractivity contribution in [3.63, 3.8) is 0 Å². The maximum atomic E-state index is 5.57. The monoisotopic (exact) mass is 326 g/mol. The second-order valence-corrected chi connectivity index (χ2v) is 4.85. The minimum atomic E-state index is 0.380. The Morgan fingerprint density at radius 1 is 1.00 bits per heavy atom. The van der Waals surface area contributed by atoms with E-state index < -0.39 is 0 Å². The Hall–Kier alpha value is -1.17. The minimum absolute atomic E-state index is 0.380. The molecule has 0 N–H and O–H groups in total. The maximum absolute atomic E-state index is 5.57. The normalized spacial score (nSPS) is 10.2. The van der Waals surface area contributed by atoms with Crippen molar-refractivity contribution in [2.75, 3.05) is 0 Å². The lowest BCUT2D eigenvalue weighted by Crippen LogP contribution is -1.92. The molecule has 1 aromatic heterocycles. The van der Waals surface area contributed by atoms with Crippen molar-refractivity contribution >= 4 is 22.6 Å². The van der Waals surface area contributed by atoms with Crippen molar-refractivity contribution in [1.82, 2.24) is 9.97 Å². The summed E-state index contributed by atoms with van der Waals surface area (Å²) >= 11 is 2.16. The summed E-state index contributed by atoms with van der Waals surface area (Å²) < 4.78 is 6.56. The summed E-state index contributed by atoms with van der Waals surface area (Å²) in [6, 6.07) is 6.41. The molecule has 0 spiro atoms. The van der Waals surface area contributed by atoms with Crippen LogP contribution in [0.1, 0.15) is 11.1 Å². The number of benzene rings is 1. The van der Waals surface area contributed by atoms with Gasteiger partial charge in [-0.25, -0.2) is 9.97 Å². The Morgan fingerprint density at radius 3 is 2.12 bits per heavy atom. The Balaban J connectivity index is 2.23. The summed E-state index contributed by atoms with van der Waals surface area (Å²) in [4.78, 5) is 8.18. The zero-order valence-electron chi connectivity index (χ0n) is 9.07. The molecule has 0 unspecified atom stereocenters. The molecule has 16 heavy (non-hydrogen) atoms. The van der Waals surface area contributed by atoms with Gasteiger partial charge in [0.05, 0.1) is 0 Å². The quantitative estimate of drug-likeness (QED) is 0.793. The van der Waals surface area contributed by atoms with E-state index >= 15 is 0 Å². The van der Waals surface area contributed by atoms with Crippen molar-refractivity contribution in [2.24, 2.45) is 0 Å². The number of aryl methyl sites for hydroxylation is 2. The topological polar surface area (TPSA) is 35.0 Å². The Bertz CT molecular complexity index is 477. The smallest absolute Gasteiger partial charge is 0.321 e. The minimum Gasteiger partial charge on any atom is -0.424 e. The van der Waals surface area contributed by atoms with Crippen molar-refractivity contribution in [2.45, 2.75) is 13.8 Å². The molecule has 0 atom stereocenters. The van der Waals surface area contributed by atoms with Gasteiger partial charge < -0.3 is 4.74 Å². The van der Waals surface area contributed by atoms with Gasteiger partial charge in [-0.1, -0.05) is 6.07 Å². The predicted molar refractivity (Wildman–Crippen MR) is 70.7 cm³/mol. The molecule has 2 aromatic rings. The molecule has 0 amide bonds. The van der Waals surface area contributed by atoms with Gasteiger partial charge in [0.1, 0.15) is 5.75 Å². The lowest BCUT2D eigenvalue weighted by Gasteiger charge is -2.05. The van der Waals surface area contributed by atoms with E-state index in [2.05, 4.69) is 38.6 Å². The molecular weight excluding hydrogens is 315 g/mol. The molecule has 0 aliphatic carbocycles. The predicted octanol–water partition coefficient (Wildman–Crippen LogP) is 3.49. The highest BCUT2D eigenvalue weighted by atomic mass is 127. The summed E-state index contributed by atoms with van der Waals surface area (Å²) in [7, 11) is 0. The standard InChI is InChI=1S/C12H11IN2O/c1-8-3-9(2)5-11(4-8)16-12-14-6-10(13)7-15-12/h3-7H,1-2H3. The molecule has 2 rings (SSSR count). The number of aromatic nitrogens is 2. The number of halogens is 1. The molecule has 0 bridgehead atoms. The van der Waals surface area contributed by atoms with E-state index in [1.165, 1.54) is 11.1 Å². The van der Waals surface area contributed by atoms with E-state index in [1.54, 1.807) is 12.4 Å². The van der Waals surface area contributed by atoms with Gasteiger partial charge >= 0.3 is 6.01 Å². The molecule has 0 aliphatic heterocycles. The van der Waals surface area contributed by atoms with Crippen LogP contribution in [0.15, 0.2) is 30.6 Å². The maximum Gasteiger partial charge on any atom is 0.321 e. The average Bonchev–Trinajstić information content (AvgIpc) is 2.20. The van der Waals surface area contributed by atoms with Gasteiger partial charge in [0.25, 0.3) is 0 Å². The first-order valence-electron chi connectivity index (χ1n) is 4.87. The highest BCUT2D eigenvalue weighted by Crippen LogP contribution is 2.20. The fraction of sp³-hybridized carbons (Fsp3) is 0.167. The van der Waals surface area contributed by atoms with Crippen molar-refractivity contribution in [1.29, 1.82) is 0 Å². The molecule has 0 radical (unpaired) electrons. The lowest BCUT2D eigenvalue weighted by atomic mass is 10.1. The molecule has 1 heterocycles. The Kier molecular flexibility index (Phi) is 3.38. The van der Waals surface area contributed by atoms with Crippen LogP contribution in [0.2, 0.25) is 0 Å². The van der Waals surface area contributed by atoms with E-state index in [0.29, 0.717) is 6.01 Å². The van der Waals surface area contributed by atoms with Crippen LogP contribution in [0.4, 0.5) is 0 Å². The van der Waals surface area contributed by atoms with Gasteiger partial charge in [-0.3, -0.25) is 0 Å². The summed E-state index contributed by atoms with van der Waals surface area (Å²) in [6.07, 6.45) is 3.46. The van der Waals surface area contributed by atoms with Crippen molar-refractivity contribution in [3.8, 4) is 11.8 Å². The average molecular weight is 326 g/mol. The SMILES string of the molecule is Cc1cc(C)cc(Oc2ncc(I)cn2)c1. The summed E-state index contributed by atoms with van der Waals surface area (Å²) in [5.41, 5.74) is 2.33. The fourth-order valence-electron chi connectivity index (χ4n) is 1.45. The Labute approximate surface area is 108 Å². The van der Waals surface area contributed by atoms with Crippen LogP contribution in [-0.2, 0) is 0 Å². The molecule has 0 aliphatic rings. The summed E-state index contributed by atoms with van der Waals surface area (Å²) in [5.74, 6) is 0.777. The second kappa shape index (κ2) is 4.78. The number of nitrogens with zero attached hydrogens (tertiary/aromatic N) is 2. The number of hydrogen-bond donors (Lipinski definition) is 0. The van der Waals surface area contributed by atoms with E-state index in [9.17, 15) is 0 Å². The van der Waals surface area contributed by atoms with Crippen molar-refractivity contribution < 1.29 is 4.74 Å². The van der Waals surface area contributed by atoms with Gasteiger partial charge in [-0.15, -0.1) is 0 Å². The van der Waals surface area contributed by atoms with Gasteiger partial charge in [0.2, 0.25) is 0 Å². The number of hydrogen-bond acceptors (Lipinski definition) is 3. The lowest BCUT2D eigenvalue weighted by molar-refractivity contribution is 0.440. The zero-order valence-corrected chi connectivity index (χ0v) is 11.2. The van der Waals surface area contributed by atoms with Gasteiger partial charge in [-0.05, 0) is 59.7 Å². The van der Waals surface area contributed by atoms with Crippen LogP contribution in [0, 0.1) is 17.4 Å². The van der Waals surface area contributed by atoms with E-state index in [0.717, 1.165) is 9.32 Å². The number of rotatable bonds is 2. The third-order valence-corrected chi connectivity index (χ3v) is 2.56. The molecule has 3 nitrogen and oxygen atoms in total. The van der Waals surface area contributed by atoms with Gasteiger partial charge in [-0.2, -0.15) is 0 Å². The van der Waals surface area contributed by atoms with Crippen LogP contribution >= 0.6 is 22.6 Å². The molecule has 1 aromatic carbocycles. The Morgan fingerprint density at radius 2 is 1.56 bits per heavy atom. The van der Waals surface area contributed by atoms with E-state index in [4.69, 9.17) is 4.74 Å². The molecule has 0 fully saturated rings. The first-order valence-corrected chi connectivity index (χ1v) is 5.95. The first-order chi connectivity index (χ1) is 7.63. The molecule has 0 saturated heterocycles. The van der Waals surface area contributed by atoms with Crippen LogP contribution < -0.4 is 4.74 Å². The van der Waals surface area contributed by atoms with Crippen LogP contribution in [0.5, 0.6) is 11.8 Å². The molecule has 0 saturated carbocycles. The second-order valence-electron chi connectivity index (χ2n) is 3.61. The zero-order chi connectivity index (χ0) is 11.5. The van der Waals surface area contributed by atoms with E-state index in [-0.39, 0.29) is 0 Å². The van der Waals surface area contributed by atoms with E-state index in [1.807, 2.05) is 26.0 Å². The fourth-order valence-corrected chi connectivity index (χ4v) is 1.73. The highest BCUT2D eigenvalue weighted by Gasteiger charge is 2.01. The molecular formula is C12H11IN2O. The van der Waals surface area contributed by atoms with Crippen molar-refractivity contribution in [3.05, 3.63) is 45.3 Å². The van der Waals surface area contributed by atoms with Crippen LogP contribution in [0.3, 0.4) is 0 Å². The molecule has 82 valence electrons. The number of ether oxygens (including phenoxy) is 1.